The molecular formula is C26H25N3O3. The van der Waals surface area contributed by atoms with Crippen molar-refractivity contribution in [2.24, 2.45) is 5.92 Å². The number of benzene rings is 2. The largest absolute Gasteiger partial charge is 0.465 e. The first kappa shape index (κ1) is 19.2. The third kappa shape index (κ3) is 2.86. The Bertz CT molecular complexity index is 1250. The Morgan fingerprint density at radius 1 is 1.00 bits per heavy atom. The van der Waals surface area contributed by atoms with E-state index in [1.807, 2.05) is 29.2 Å². The number of H-pyrrole nitrogens is 1. The maximum atomic E-state index is 13.2. The van der Waals surface area contributed by atoms with E-state index in [9.17, 15) is 14.7 Å². The summed E-state index contributed by atoms with van der Waals surface area (Å²) >= 11 is 0. The summed E-state index contributed by atoms with van der Waals surface area (Å²) in [6, 6.07) is 16.0. The van der Waals surface area contributed by atoms with Crippen molar-refractivity contribution in [2.75, 3.05) is 19.6 Å². The molecule has 1 fully saturated rings. The van der Waals surface area contributed by atoms with Crippen LogP contribution in [0.2, 0.25) is 0 Å². The summed E-state index contributed by atoms with van der Waals surface area (Å²) in [5.41, 5.74) is 6.35. The SMILES string of the molecule is O=C([C@@H]1C=C2c3cccc4[nH]c(-c5ccccc5)c(c34)C[C@H]2N(C(=O)O)C1)N1CCCC1. The quantitative estimate of drug-likeness (QED) is 0.637. The van der Waals surface area contributed by atoms with E-state index < -0.39 is 12.0 Å². The number of nitrogens with zero attached hydrogens (tertiary/aromatic N) is 2. The van der Waals surface area contributed by atoms with Gasteiger partial charge in [0, 0.05) is 36.2 Å². The number of hydrogen-bond donors (Lipinski definition) is 2. The molecule has 162 valence electrons. The molecule has 2 N–H and O–H groups in total. The van der Waals surface area contributed by atoms with Crippen LogP contribution in [0.3, 0.4) is 0 Å². The number of aromatic nitrogens is 1. The fraction of sp³-hybridized carbons (Fsp3) is 0.308. The molecule has 1 aliphatic carbocycles. The first-order valence-electron chi connectivity index (χ1n) is 11.3. The average Bonchev–Trinajstić information content (AvgIpc) is 3.48. The zero-order chi connectivity index (χ0) is 21.8. The molecule has 3 heterocycles. The summed E-state index contributed by atoms with van der Waals surface area (Å²) in [5.74, 6) is -0.378. The Morgan fingerprint density at radius 2 is 1.78 bits per heavy atom. The Labute approximate surface area is 186 Å². The number of rotatable bonds is 2. The van der Waals surface area contributed by atoms with Crippen molar-refractivity contribution in [1.82, 2.24) is 14.8 Å². The van der Waals surface area contributed by atoms with Gasteiger partial charge in [0.05, 0.1) is 12.0 Å². The fourth-order valence-corrected chi connectivity index (χ4v) is 5.72. The predicted molar refractivity (Wildman–Crippen MR) is 123 cm³/mol. The first-order valence-corrected chi connectivity index (χ1v) is 11.3. The van der Waals surface area contributed by atoms with Gasteiger partial charge in [0.2, 0.25) is 5.91 Å². The van der Waals surface area contributed by atoms with Crippen LogP contribution in [0.25, 0.3) is 27.7 Å². The number of hydrogen-bond acceptors (Lipinski definition) is 2. The summed E-state index contributed by atoms with van der Waals surface area (Å²) < 4.78 is 0. The maximum absolute atomic E-state index is 13.2. The molecule has 1 aromatic heterocycles. The molecule has 3 aromatic rings. The Hall–Kier alpha value is -3.54. The van der Waals surface area contributed by atoms with Gasteiger partial charge in [-0.15, -0.1) is 0 Å². The maximum Gasteiger partial charge on any atom is 0.407 e. The number of amides is 2. The van der Waals surface area contributed by atoms with Gasteiger partial charge < -0.3 is 15.0 Å². The molecule has 2 aromatic carbocycles. The lowest BCUT2D eigenvalue weighted by atomic mass is 9.78. The van der Waals surface area contributed by atoms with E-state index in [4.69, 9.17) is 0 Å². The molecule has 6 heteroatoms. The Morgan fingerprint density at radius 3 is 2.53 bits per heavy atom. The molecule has 0 bridgehead atoms. The van der Waals surface area contributed by atoms with E-state index >= 15 is 0 Å². The molecule has 6 rings (SSSR count). The number of nitrogens with one attached hydrogen (secondary N) is 1. The second-order valence-electron chi connectivity index (χ2n) is 8.99. The highest BCUT2D eigenvalue weighted by molar-refractivity contribution is 6.03. The molecule has 1 saturated heterocycles. The highest BCUT2D eigenvalue weighted by atomic mass is 16.4. The molecule has 0 radical (unpaired) electrons. The number of aromatic amines is 1. The summed E-state index contributed by atoms with van der Waals surface area (Å²) in [6.07, 6.45) is 3.73. The number of carbonyl (C=O) groups is 2. The zero-order valence-corrected chi connectivity index (χ0v) is 17.8. The summed E-state index contributed by atoms with van der Waals surface area (Å²) in [5, 5.41) is 11.2. The normalized spacial score (nSPS) is 22.1. The van der Waals surface area contributed by atoms with Gasteiger partial charge in [-0.3, -0.25) is 9.69 Å². The smallest absolute Gasteiger partial charge is 0.407 e. The van der Waals surface area contributed by atoms with Crippen LogP contribution in [0.5, 0.6) is 0 Å². The number of carboxylic acid groups (broad SMARTS) is 1. The number of carbonyl (C=O) groups excluding carboxylic acids is 1. The van der Waals surface area contributed by atoms with Crippen LogP contribution in [0.15, 0.2) is 54.6 Å². The van der Waals surface area contributed by atoms with Crippen LogP contribution < -0.4 is 0 Å². The van der Waals surface area contributed by atoms with Crippen molar-refractivity contribution in [3.05, 3.63) is 65.7 Å². The summed E-state index contributed by atoms with van der Waals surface area (Å²) in [4.78, 5) is 32.4. The summed E-state index contributed by atoms with van der Waals surface area (Å²) in [7, 11) is 0. The van der Waals surface area contributed by atoms with Crippen LogP contribution in [-0.4, -0.2) is 57.6 Å². The van der Waals surface area contributed by atoms with Gasteiger partial charge in [0.25, 0.3) is 0 Å². The minimum absolute atomic E-state index is 0.0525. The van der Waals surface area contributed by atoms with Gasteiger partial charge in [0.15, 0.2) is 0 Å². The molecule has 2 amide bonds. The van der Waals surface area contributed by atoms with Crippen LogP contribution in [0.4, 0.5) is 4.79 Å². The molecule has 32 heavy (non-hydrogen) atoms. The fourth-order valence-electron chi connectivity index (χ4n) is 5.72. The topological polar surface area (TPSA) is 76.6 Å². The van der Waals surface area contributed by atoms with Crippen molar-refractivity contribution in [3.8, 4) is 11.3 Å². The molecule has 0 spiro atoms. The van der Waals surface area contributed by atoms with E-state index in [1.165, 1.54) is 4.90 Å². The summed E-state index contributed by atoms with van der Waals surface area (Å²) in [6.45, 7) is 1.76. The Kier molecular flexibility index (Phi) is 4.35. The van der Waals surface area contributed by atoms with Crippen molar-refractivity contribution in [2.45, 2.75) is 25.3 Å². The van der Waals surface area contributed by atoms with Gasteiger partial charge in [0.1, 0.15) is 0 Å². The molecule has 0 saturated carbocycles. The monoisotopic (exact) mass is 427 g/mol. The second kappa shape index (κ2) is 7.26. The average molecular weight is 428 g/mol. The van der Waals surface area contributed by atoms with Crippen LogP contribution in [-0.2, 0) is 11.2 Å². The molecule has 2 atom stereocenters. The Balaban J connectivity index is 1.51. The van der Waals surface area contributed by atoms with Crippen molar-refractivity contribution >= 4 is 28.5 Å². The number of likely N-dealkylation sites (tertiary alicyclic amines) is 1. The van der Waals surface area contributed by atoms with Crippen molar-refractivity contribution in [3.63, 3.8) is 0 Å². The zero-order valence-electron chi connectivity index (χ0n) is 17.8. The van der Waals surface area contributed by atoms with Crippen LogP contribution >= 0.6 is 0 Å². The molecule has 2 aliphatic heterocycles. The first-order chi connectivity index (χ1) is 15.6. The highest BCUT2D eigenvalue weighted by Gasteiger charge is 2.41. The molecule has 3 aliphatic rings. The third-order valence-corrected chi connectivity index (χ3v) is 7.19. The van der Waals surface area contributed by atoms with Crippen LogP contribution in [0.1, 0.15) is 24.0 Å². The molecular weight excluding hydrogens is 402 g/mol. The van der Waals surface area contributed by atoms with E-state index in [-0.39, 0.29) is 18.5 Å². The van der Waals surface area contributed by atoms with Gasteiger partial charge in [-0.25, -0.2) is 4.79 Å². The minimum Gasteiger partial charge on any atom is -0.465 e. The standard InChI is InChI=1S/C26H25N3O3/c30-25(28-11-4-5-12-28)17-13-19-18-9-6-10-21-23(18)20(14-22(19)29(15-17)26(31)32)24(27-21)16-7-2-1-3-8-16/h1-3,6-10,13,17,22,27H,4-5,11-12,14-15H2,(H,31,32)/t17-,22-/m1/s1. The van der Waals surface area contributed by atoms with E-state index in [0.717, 1.165) is 64.8 Å². The predicted octanol–water partition coefficient (Wildman–Crippen LogP) is 4.38. The van der Waals surface area contributed by atoms with E-state index in [1.54, 1.807) is 0 Å². The second-order valence-corrected chi connectivity index (χ2v) is 8.99. The van der Waals surface area contributed by atoms with Gasteiger partial charge in [-0.05, 0) is 47.6 Å². The van der Waals surface area contributed by atoms with Crippen molar-refractivity contribution in [1.29, 1.82) is 0 Å². The molecule has 6 nitrogen and oxygen atoms in total. The lowest BCUT2D eigenvalue weighted by Gasteiger charge is -2.40. The lowest BCUT2D eigenvalue weighted by Crippen LogP contribution is -2.51. The molecule has 0 unspecified atom stereocenters. The van der Waals surface area contributed by atoms with Gasteiger partial charge in [-0.2, -0.15) is 0 Å². The minimum atomic E-state index is -0.966. The van der Waals surface area contributed by atoms with E-state index in [2.05, 4.69) is 35.3 Å². The van der Waals surface area contributed by atoms with Gasteiger partial charge in [-0.1, -0.05) is 48.5 Å². The number of fused-ring (bicyclic) bond motifs is 2. The van der Waals surface area contributed by atoms with Crippen molar-refractivity contribution < 1.29 is 14.7 Å². The van der Waals surface area contributed by atoms with Crippen LogP contribution in [0, 0.1) is 5.92 Å². The van der Waals surface area contributed by atoms with Gasteiger partial charge >= 0.3 is 6.09 Å². The lowest BCUT2D eigenvalue weighted by molar-refractivity contribution is -0.133. The van der Waals surface area contributed by atoms with E-state index in [0.29, 0.717) is 6.42 Å². The highest BCUT2D eigenvalue weighted by Crippen LogP contribution is 2.45. The third-order valence-electron chi connectivity index (χ3n) is 7.19.